The number of halogens is 1. The van der Waals surface area contributed by atoms with E-state index in [2.05, 4.69) is 6.92 Å². The quantitative estimate of drug-likeness (QED) is 0.457. The standard InChI is InChI=1S/C15H22ClNO2/c1-3-4-5-6-7-11(2)19-15(18)12-8-13(16)10-14(17)9-12/h8-11H,3-7,17H2,1-2H3. The average Bonchev–Trinajstić information content (AvgIpc) is 2.33. The Morgan fingerprint density at radius 2 is 2.05 bits per heavy atom. The summed E-state index contributed by atoms with van der Waals surface area (Å²) >= 11 is 5.86. The molecule has 0 aliphatic rings. The number of rotatable bonds is 7. The summed E-state index contributed by atoms with van der Waals surface area (Å²) in [6, 6.07) is 4.76. The highest BCUT2D eigenvalue weighted by molar-refractivity contribution is 6.31. The Kier molecular flexibility index (Phi) is 6.71. The molecule has 2 N–H and O–H groups in total. The van der Waals surface area contributed by atoms with Gasteiger partial charge in [-0.05, 0) is 38.0 Å². The topological polar surface area (TPSA) is 52.3 Å². The molecule has 1 aromatic rings. The molecule has 0 saturated carbocycles. The predicted molar refractivity (Wildman–Crippen MR) is 79.5 cm³/mol. The normalized spacial score (nSPS) is 12.2. The largest absolute Gasteiger partial charge is 0.459 e. The summed E-state index contributed by atoms with van der Waals surface area (Å²) in [5, 5.41) is 0.447. The molecule has 0 aliphatic carbocycles. The van der Waals surface area contributed by atoms with Crippen LogP contribution in [0.3, 0.4) is 0 Å². The van der Waals surface area contributed by atoms with Crippen molar-refractivity contribution in [3.05, 3.63) is 28.8 Å². The number of nitrogens with two attached hydrogens (primary N) is 1. The van der Waals surface area contributed by atoms with E-state index < -0.39 is 0 Å². The van der Waals surface area contributed by atoms with Crippen LogP contribution in [0, 0.1) is 0 Å². The van der Waals surface area contributed by atoms with E-state index in [1.807, 2.05) is 6.92 Å². The van der Waals surface area contributed by atoms with Crippen LogP contribution in [0.5, 0.6) is 0 Å². The van der Waals surface area contributed by atoms with Crippen LogP contribution in [0.15, 0.2) is 18.2 Å². The summed E-state index contributed by atoms with van der Waals surface area (Å²) in [6.45, 7) is 4.09. The van der Waals surface area contributed by atoms with Gasteiger partial charge in [0.2, 0.25) is 0 Å². The van der Waals surface area contributed by atoms with Gasteiger partial charge in [0, 0.05) is 10.7 Å². The number of carbonyl (C=O) groups is 1. The van der Waals surface area contributed by atoms with Gasteiger partial charge >= 0.3 is 5.97 Å². The second-order valence-corrected chi connectivity index (χ2v) is 5.27. The van der Waals surface area contributed by atoms with Gasteiger partial charge in [0.15, 0.2) is 0 Å². The minimum absolute atomic E-state index is 0.0791. The molecule has 0 bridgehead atoms. The molecule has 0 spiro atoms. The number of esters is 1. The van der Waals surface area contributed by atoms with Crippen molar-refractivity contribution in [2.24, 2.45) is 0 Å². The van der Waals surface area contributed by atoms with Crippen LogP contribution in [0.2, 0.25) is 5.02 Å². The SMILES string of the molecule is CCCCCCC(C)OC(=O)c1cc(N)cc(Cl)c1. The van der Waals surface area contributed by atoms with Gasteiger partial charge < -0.3 is 10.5 Å². The Balaban J connectivity index is 2.45. The summed E-state index contributed by atoms with van der Waals surface area (Å²) in [5.41, 5.74) is 6.52. The molecule has 1 unspecified atom stereocenters. The van der Waals surface area contributed by atoms with Crippen molar-refractivity contribution >= 4 is 23.3 Å². The van der Waals surface area contributed by atoms with Crippen LogP contribution in [0.25, 0.3) is 0 Å². The highest BCUT2D eigenvalue weighted by Crippen LogP contribution is 2.18. The van der Waals surface area contributed by atoms with E-state index in [1.54, 1.807) is 18.2 Å². The lowest BCUT2D eigenvalue weighted by Gasteiger charge is -2.13. The van der Waals surface area contributed by atoms with Gasteiger partial charge in [0.1, 0.15) is 0 Å². The lowest BCUT2D eigenvalue weighted by atomic mass is 10.1. The first-order valence-corrected chi connectivity index (χ1v) is 7.17. The Hall–Kier alpha value is -1.22. The molecule has 1 rings (SSSR count). The van der Waals surface area contributed by atoms with E-state index in [1.165, 1.54) is 19.3 Å². The van der Waals surface area contributed by atoms with E-state index in [0.717, 1.165) is 12.8 Å². The minimum Gasteiger partial charge on any atom is -0.459 e. The molecule has 4 heteroatoms. The molecule has 106 valence electrons. The predicted octanol–water partition coefficient (Wildman–Crippen LogP) is 4.44. The molecule has 0 fully saturated rings. The van der Waals surface area contributed by atoms with Crippen molar-refractivity contribution in [3.63, 3.8) is 0 Å². The average molecular weight is 284 g/mol. The molecule has 0 aliphatic heterocycles. The maximum atomic E-state index is 11.9. The maximum absolute atomic E-state index is 11.9. The zero-order chi connectivity index (χ0) is 14.3. The van der Waals surface area contributed by atoms with E-state index >= 15 is 0 Å². The van der Waals surface area contributed by atoms with Crippen LogP contribution in [-0.2, 0) is 4.74 Å². The van der Waals surface area contributed by atoms with Gasteiger partial charge in [0.05, 0.1) is 11.7 Å². The number of hydrogen-bond acceptors (Lipinski definition) is 3. The monoisotopic (exact) mass is 283 g/mol. The van der Waals surface area contributed by atoms with E-state index in [4.69, 9.17) is 22.1 Å². The molecule has 1 aromatic carbocycles. The third-order valence-corrected chi connectivity index (χ3v) is 3.15. The van der Waals surface area contributed by atoms with Crippen LogP contribution < -0.4 is 5.73 Å². The number of unbranched alkanes of at least 4 members (excludes halogenated alkanes) is 3. The summed E-state index contributed by atoms with van der Waals surface area (Å²) in [7, 11) is 0. The molecule has 3 nitrogen and oxygen atoms in total. The first kappa shape index (κ1) is 15.8. The van der Waals surface area contributed by atoms with Crippen molar-refractivity contribution in [1.29, 1.82) is 0 Å². The van der Waals surface area contributed by atoms with E-state index in [0.29, 0.717) is 16.3 Å². The zero-order valence-corrected chi connectivity index (χ0v) is 12.4. The summed E-state index contributed by atoms with van der Waals surface area (Å²) in [4.78, 5) is 11.9. The van der Waals surface area contributed by atoms with Gasteiger partial charge in [-0.1, -0.05) is 37.8 Å². The van der Waals surface area contributed by atoms with Crippen molar-refractivity contribution in [2.75, 3.05) is 5.73 Å². The first-order valence-electron chi connectivity index (χ1n) is 6.80. The number of nitrogen functional groups attached to an aromatic ring is 1. The van der Waals surface area contributed by atoms with Crippen LogP contribution >= 0.6 is 11.6 Å². The van der Waals surface area contributed by atoms with E-state index in [9.17, 15) is 4.79 Å². The molecular formula is C15H22ClNO2. The Morgan fingerprint density at radius 1 is 1.32 bits per heavy atom. The molecule has 0 amide bonds. The summed E-state index contributed by atoms with van der Waals surface area (Å²) in [6.07, 6.45) is 5.51. The maximum Gasteiger partial charge on any atom is 0.338 e. The molecule has 0 heterocycles. The smallest absolute Gasteiger partial charge is 0.338 e. The lowest BCUT2D eigenvalue weighted by molar-refractivity contribution is 0.0319. The van der Waals surface area contributed by atoms with Crippen molar-refractivity contribution in [1.82, 2.24) is 0 Å². The van der Waals surface area contributed by atoms with Crippen molar-refractivity contribution < 1.29 is 9.53 Å². The summed E-state index contributed by atoms with van der Waals surface area (Å²) < 4.78 is 5.37. The Morgan fingerprint density at radius 3 is 2.68 bits per heavy atom. The highest BCUT2D eigenvalue weighted by atomic mass is 35.5. The van der Waals surface area contributed by atoms with Gasteiger partial charge in [0.25, 0.3) is 0 Å². The Labute approximate surface area is 120 Å². The number of ether oxygens (including phenoxy) is 1. The van der Waals surface area contributed by atoms with Gasteiger partial charge in [-0.3, -0.25) is 0 Å². The van der Waals surface area contributed by atoms with Gasteiger partial charge in [-0.15, -0.1) is 0 Å². The van der Waals surface area contributed by atoms with Crippen LogP contribution in [-0.4, -0.2) is 12.1 Å². The molecule has 19 heavy (non-hydrogen) atoms. The number of hydrogen-bond donors (Lipinski definition) is 1. The third kappa shape index (κ3) is 5.97. The van der Waals surface area contributed by atoms with Crippen molar-refractivity contribution in [3.8, 4) is 0 Å². The second-order valence-electron chi connectivity index (χ2n) is 4.84. The fraction of sp³-hybridized carbons (Fsp3) is 0.533. The third-order valence-electron chi connectivity index (χ3n) is 2.93. The zero-order valence-electron chi connectivity index (χ0n) is 11.6. The first-order chi connectivity index (χ1) is 9.02. The molecular weight excluding hydrogens is 262 g/mol. The summed E-state index contributed by atoms with van der Waals surface area (Å²) in [5.74, 6) is -0.364. The number of carbonyl (C=O) groups excluding carboxylic acids is 1. The van der Waals surface area contributed by atoms with Gasteiger partial charge in [-0.25, -0.2) is 4.79 Å². The second kappa shape index (κ2) is 8.05. The molecule has 0 saturated heterocycles. The van der Waals surface area contributed by atoms with Crippen LogP contribution in [0.4, 0.5) is 5.69 Å². The van der Waals surface area contributed by atoms with Gasteiger partial charge in [-0.2, -0.15) is 0 Å². The molecule has 1 atom stereocenters. The Bertz CT molecular complexity index is 400. The highest BCUT2D eigenvalue weighted by Gasteiger charge is 2.13. The van der Waals surface area contributed by atoms with E-state index in [-0.39, 0.29) is 12.1 Å². The fourth-order valence-electron chi connectivity index (χ4n) is 1.90. The lowest BCUT2D eigenvalue weighted by Crippen LogP contribution is -2.15. The molecule has 0 radical (unpaired) electrons. The van der Waals surface area contributed by atoms with Crippen LogP contribution in [0.1, 0.15) is 56.3 Å². The molecule has 0 aromatic heterocycles. The van der Waals surface area contributed by atoms with Crippen molar-refractivity contribution in [2.45, 2.75) is 52.1 Å². The number of benzene rings is 1. The number of anilines is 1. The minimum atomic E-state index is -0.364. The fourth-order valence-corrected chi connectivity index (χ4v) is 2.14.